The minimum absolute atomic E-state index is 0.0952. The standard InChI is InChI=1S/C31H46FN5O2S/c1-4-24(37-21(2)33-27-20-36(22(3)38)18-15-28(27)37)19-25-11-8-16-35(25)17-14-26(29-12-13-30(32)40-29)34-31(39)23-9-6-5-7-10-23/h12-13,23-26H,4-11,14-20H2,1-3H3,(H,34,39). The molecule has 3 atom stereocenters. The number of imidazole rings is 1. The van der Waals surface area contributed by atoms with E-state index in [1.807, 2.05) is 11.0 Å². The van der Waals surface area contributed by atoms with E-state index >= 15 is 0 Å². The predicted octanol–water partition coefficient (Wildman–Crippen LogP) is 5.93. The molecule has 220 valence electrons. The molecule has 1 aliphatic carbocycles. The number of nitrogens with one attached hydrogen (secondary N) is 1. The Kier molecular flexibility index (Phi) is 9.61. The first-order valence-electron chi connectivity index (χ1n) is 15.5. The Morgan fingerprint density at radius 2 is 1.95 bits per heavy atom. The van der Waals surface area contributed by atoms with E-state index in [0.29, 0.717) is 18.6 Å². The van der Waals surface area contributed by atoms with Crippen molar-refractivity contribution in [2.75, 3.05) is 19.6 Å². The minimum atomic E-state index is -0.192. The van der Waals surface area contributed by atoms with E-state index < -0.39 is 0 Å². The highest BCUT2D eigenvalue weighted by Gasteiger charge is 2.32. The number of hydrogen-bond donors (Lipinski definition) is 1. The zero-order chi connectivity index (χ0) is 28.2. The second-order valence-corrected chi connectivity index (χ2v) is 13.1. The molecule has 2 aromatic rings. The number of aromatic nitrogens is 2. The number of fused-ring (bicyclic) bond motifs is 1. The molecule has 1 saturated carbocycles. The maximum absolute atomic E-state index is 14.0. The molecule has 0 spiro atoms. The van der Waals surface area contributed by atoms with Gasteiger partial charge in [0.15, 0.2) is 5.13 Å². The van der Waals surface area contributed by atoms with Crippen LogP contribution >= 0.6 is 11.3 Å². The number of thiophene rings is 1. The molecular weight excluding hydrogens is 525 g/mol. The molecule has 9 heteroatoms. The van der Waals surface area contributed by atoms with Gasteiger partial charge in [0, 0.05) is 55.0 Å². The molecule has 3 aliphatic rings. The molecule has 0 bridgehead atoms. The van der Waals surface area contributed by atoms with Gasteiger partial charge in [-0.25, -0.2) is 4.98 Å². The first kappa shape index (κ1) is 29.2. The number of hydrogen-bond acceptors (Lipinski definition) is 5. The predicted molar refractivity (Wildman–Crippen MR) is 157 cm³/mol. The van der Waals surface area contributed by atoms with Crippen LogP contribution in [-0.4, -0.2) is 56.8 Å². The van der Waals surface area contributed by atoms with Crippen molar-refractivity contribution in [3.63, 3.8) is 0 Å². The zero-order valence-electron chi connectivity index (χ0n) is 24.5. The highest BCUT2D eigenvalue weighted by Crippen LogP contribution is 2.34. The first-order chi connectivity index (χ1) is 19.3. The van der Waals surface area contributed by atoms with Gasteiger partial charge in [-0.3, -0.25) is 9.59 Å². The van der Waals surface area contributed by atoms with Crippen molar-refractivity contribution in [1.29, 1.82) is 0 Å². The molecule has 3 unspecified atom stereocenters. The number of aryl methyl sites for hydroxylation is 1. The topological polar surface area (TPSA) is 70.5 Å². The second-order valence-electron chi connectivity index (χ2n) is 12.1. The maximum Gasteiger partial charge on any atom is 0.223 e. The van der Waals surface area contributed by atoms with Crippen molar-refractivity contribution in [3.05, 3.63) is 39.4 Å². The fourth-order valence-corrected chi connectivity index (χ4v) is 8.09. The molecule has 1 N–H and O–H groups in total. The van der Waals surface area contributed by atoms with Gasteiger partial charge < -0.3 is 19.7 Å². The van der Waals surface area contributed by atoms with Crippen LogP contribution in [-0.2, 0) is 22.6 Å². The van der Waals surface area contributed by atoms with Gasteiger partial charge in [-0.15, -0.1) is 11.3 Å². The van der Waals surface area contributed by atoms with Gasteiger partial charge in [0.25, 0.3) is 0 Å². The molecule has 40 heavy (non-hydrogen) atoms. The number of carbonyl (C=O) groups is 2. The van der Waals surface area contributed by atoms with Crippen LogP contribution < -0.4 is 5.32 Å². The molecule has 0 aromatic carbocycles. The monoisotopic (exact) mass is 571 g/mol. The Balaban J connectivity index is 1.24. The van der Waals surface area contributed by atoms with Crippen molar-refractivity contribution in [1.82, 2.24) is 24.7 Å². The van der Waals surface area contributed by atoms with Crippen molar-refractivity contribution in [2.45, 2.75) is 116 Å². The lowest BCUT2D eigenvalue weighted by Crippen LogP contribution is -2.38. The number of amides is 2. The van der Waals surface area contributed by atoms with E-state index in [4.69, 9.17) is 4.98 Å². The largest absolute Gasteiger partial charge is 0.348 e. The van der Waals surface area contributed by atoms with Gasteiger partial charge in [0.1, 0.15) is 5.82 Å². The minimum Gasteiger partial charge on any atom is -0.348 e. The van der Waals surface area contributed by atoms with Crippen LogP contribution in [0.4, 0.5) is 4.39 Å². The van der Waals surface area contributed by atoms with Gasteiger partial charge in [0.2, 0.25) is 11.8 Å². The lowest BCUT2D eigenvalue weighted by molar-refractivity contribution is -0.130. The fourth-order valence-electron chi connectivity index (χ4n) is 7.27. The van der Waals surface area contributed by atoms with Crippen molar-refractivity contribution >= 4 is 23.2 Å². The normalized spacial score (nSPS) is 21.8. The van der Waals surface area contributed by atoms with E-state index in [0.717, 1.165) is 98.7 Å². The van der Waals surface area contributed by atoms with Crippen LogP contribution in [0.3, 0.4) is 0 Å². The summed E-state index contributed by atoms with van der Waals surface area (Å²) in [5.41, 5.74) is 2.36. The summed E-state index contributed by atoms with van der Waals surface area (Å²) in [6, 6.07) is 4.08. The lowest BCUT2D eigenvalue weighted by Gasteiger charge is -2.32. The molecule has 0 radical (unpaired) electrons. The van der Waals surface area contributed by atoms with Gasteiger partial charge >= 0.3 is 0 Å². The Morgan fingerprint density at radius 3 is 2.65 bits per heavy atom. The zero-order valence-corrected chi connectivity index (χ0v) is 25.3. The summed E-state index contributed by atoms with van der Waals surface area (Å²) in [5.74, 6) is 1.41. The van der Waals surface area contributed by atoms with Crippen LogP contribution in [0, 0.1) is 18.0 Å². The van der Waals surface area contributed by atoms with Crippen LogP contribution in [0.25, 0.3) is 0 Å². The van der Waals surface area contributed by atoms with E-state index in [1.165, 1.54) is 31.0 Å². The summed E-state index contributed by atoms with van der Waals surface area (Å²) < 4.78 is 16.4. The van der Waals surface area contributed by atoms with E-state index in [1.54, 1.807) is 6.92 Å². The van der Waals surface area contributed by atoms with Crippen LogP contribution in [0.5, 0.6) is 0 Å². The highest BCUT2D eigenvalue weighted by atomic mass is 32.1. The summed E-state index contributed by atoms with van der Waals surface area (Å²) in [4.78, 5) is 35.4. The molecule has 1 saturated heterocycles. The average Bonchev–Trinajstić information content (AvgIpc) is 3.67. The summed E-state index contributed by atoms with van der Waals surface area (Å²) in [6.07, 6.45) is 11.5. The molecule has 2 aromatic heterocycles. The second kappa shape index (κ2) is 13.1. The van der Waals surface area contributed by atoms with Crippen molar-refractivity contribution < 1.29 is 14.0 Å². The third-order valence-electron chi connectivity index (χ3n) is 9.49. The summed E-state index contributed by atoms with van der Waals surface area (Å²) in [7, 11) is 0. The number of carbonyl (C=O) groups excluding carboxylic acids is 2. The summed E-state index contributed by atoms with van der Waals surface area (Å²) >= 11 is 1.16. The van der Waals surface area contributed by atoms with Crippen LogP contribution in [0.1, 0.15) is 112 Å². The first-order valence-corrected chi connectivity index (χ1v) is 16.3. The third-order valence-corrected chi connectivity index (χ3v) is 10.5. The van der Waals surface area contributed by atoms with E-state index in [-0.39, 0.29) is 28.9 Å². The highest BCUT2D eigenvalue weighted by molar-refractivity contribution is 7.10. The smallest absolute Gasteiger partial charge is 0.223 e. The van der Waals surface area contributed by atoms with Gasteiger partial charge in [-0.2, -0.15) is 4.39 Å². The Bertz CT molecular complexity index is 1170. The molecule has 2 amide bonds. The molecule has 2 aliphatic heterocycles. The van der Waals surface area contributed by atoms with Gasteiger partial charge in [0.05, 0.1) is 18.3 Å². The third kappa shape index (κ3) is 6.62. The van der Waals surface area contributed by atoms with Crippen molar-refractivity contribution in [3.8, 4) is 0 Å². The fraction of sp³-hybridized carbons (Fsp3) is 0.710. The van der Waals surface area contributed by atoms with Crippen LogP contribution in [0.15, 0.2) is 12.1 Å². The lowest BCUT2D eigenvalue weighted by atomic mass is 9.88. The Labute approximate surface area is 242 Å². The SMILES string of the molecule is CCC(CC1CCCN1CCC(NC(=O)C1CCCCC1)c1ccc(F)s1)n1c(C)nc2c1CCN(C(C)=O)C2. The number of likely N-dealkylation sites (tertiary alicyclic amines) is 1. The Hall–Kier alpha value is -2.26. The summed E-state index contributed by atoms with van der Waals surface area (Å²) in [5, 5.41) is 3.13. The quantitative estimate of drug-likeness (QED) is 0.384. The molecule has 5 rings (SSSR count). The van der Waals surface area contributed by atoms with E-state index in [9.17, 15) is 14.0 Å². The van der Waals surface area contributed by atoms with Crippen LogP contribution in [0.2, 0.25) is 0 Å². The molecule has 7 nitrogen and oxygen atoms in total. The number of nitrogens with zero attached hydrogens (tertiary/aromatic N) is 4. The maximum atomic E-state index is 14.0. The average molecular weight is 572 g/mol. The molecule has 4 heterocycles. The Morgan fingerprint density at radius 1 is 1.15 bits per heavy atom. The number of rotatable bonds is 10. The van der Waals surface area contributed by atoms with Gasteiger partial charge in [-0.05, 0) is 70.5 Å². The van der Waals surface area contributed by atoms with Crippen molar-refractivity contribution in [2.24, 2.45) is 5.92 Å². The number of halogens is 1. The molecular formula is C31H46FN5O2S. The van der Waals surface area contributed by atoms with Gasteiger partial charge in [-0.1, -0.05) is 26.2 Å². The van der Waals surface area contributed by atoms with E-state index in [2.05, 4.69) is 28.6 Å². The summed E-state index contributed by atoms with van der Waals surface area (Å²) in [6.45, 7) is 9.34. The molecule has 2 fully saturated rings.